The topological polar surface area (TPSA) is 97.3 Å². The number of aryl methyl sites for hydroxylation is 1. The first kappa shape index (κ1) is 20.3. The Bertz CT molecular complexity index is 939. The van der Waals surface area contributed by atoms with E-state index in [1.807, 2.05) is 37.8 Å². The van der Waals surface area contributed by atoms with Crippen LogP contribution < -0.4 is 5.32 Å². The molecule has 2 aliphatic rings. The molecule has 30 heavy (non-hydrogen) atoms. The Balaban J connectivity index is 1.42. The lowest BCUT2D eigenvalue weighted by Gasteiger charge is -2.35. The van der Waals surface area contributed by atoms with Gasteiger partial charge in [0.1, 0.15) is 5.60 Å². The first-order valence-electron chi connectivity index (χ1n) is 10.3. The zero-order chi connectivity index (χ0) is 21.3. The van der Waals surface area contributed by atoms with E-state index in [2.05, 4.69) is 15.3 Å². The number of amides is 1. The molecule has 0 unspecified atom stereocenters. The van der Waals surface area contributed by atoms with Crippen LogP contribution in [0.15, 0.2) is 30.6 Å². The minimum absolute atomic E-state index is 0.0186. The number of rotatable bonds is 4. The summed E-state index contributed by atoms with van der Waals surface area (Å²) >= 11 is 0. The Morgan fingerprint density at radius 2 is 1.90 bits per heavy atom. The Kier molecular flexibility index (Phi) is 5.40. The van der Waals surface area contributed by atoms with Crippen LogP contribution in [0.5, 0.6) is 0 Å². The number of pyridine rings is 1. The number of carbonyl (C=O) groups is 2. The standard InChI is InChI=1S/C22H27N5O3/c1-14-11-16(26-21-23-7-4-8-24-21)12-18(25-14)15-5-9-27(10-6-15)20(29)17-13-19(28)30-22(17,2)3/h4,7-8,11-12,15,17H,5-6,9-10,13H2,1-3H3,(H,23,24,25,26)/t17-/m0/s1. The number of anilines is 2. The lowest BCUT2D eigenvalue weighted by atomic mass is 9.87. The summed E-state index contributed by atoms with van der Waals surface area (Å²) in [4.78, 5) is 39.7. The molecular formula is C22H27N5O3. The molecule has 1 atom stereocenters. The molecular weight excluding hydrogens is 382 g/mol. The van der Waals surface area contributed by atoms with E-state index in [0.717, 1.165) is 29.9 Å². The van der Waals surface area contributed by atoms with Crippen molar-refractivity contribution in [3.05, 3.63) is 42.0 Å². The molecule has 2 aromatic heterocycles. The van der Waals surface area contributed by atoms with E-state index in [1.165, 1.54) is 0 Å². The lowest BCUT2D eigenvalue weighted by molar-refractivity contribution is -0.149. The van der Waals surface area contributed by atoms with Crippen LogP contribution in [0.1, 0.15) is 50.4 Å². The Hall–Kier alpha value is -3.03. The highest BCUT2D eigenvalue weighted by Gasteiger charge is 2.47. The fourth-order valence-corrected chi connectivity index (χ4v) is 4.29. The van der Waals surface area contributed by atoms with Gasteiger partial charge in [-0.1, -0.05) is 0 Å². The van der Waals surface area contributed by atoms with Gasteiger partial charge in [0.2, 0.25) is 11.9 Å². The molecule has 0 spiro atoms. The van der Waals surface area contributed by atoms with Crippen molar-refractivity contribution in [2.75, 3.05) is 18.4 Å². The molecule has 158 valence electrons. The quantitative estimate of drug-likeness (QED) is 0.775. The maximum Gasteiger partial charge on any atom is 0.307 e. The van der Waals surface area contributed by atoms with Crippen molar-refractivity contribution in [3.8, 4) is 0 Å². The van der Waals surface area contributed by atoms with Gasteiger partial charge < -0.3 is 15.0 Å². The first-order valence-corrected chi connectivity index (χ1v) is 10.3. The number of hydrogen-bond acceptors (Lipinski definition) is 7. The fourth-order valence-electron chi connectivity index (χ4n) is 4.29. The number of ether oxygens (including phenoxy) is 1. The van der Waals surface area contributed by atoms with E-state index in [4.69, 9.17) is 9.72 Å². The predicted octanol–water partition coefficient (Wildman–Crippen LogP) is 2.97. The van der Waals surface area contributed by atoms with Gasteiger partial charge in [0.15, 0.2) is 0 Å². The third-order valence-corrected chi connectivity index (χ3v) is 5.91. The van der Waals surface area contributed by atoms with Gasteiger partial charge in [-0.3, -0.25) is 14.6 Å². The molecule has 0 aromatic carbocycles. The van der Waals surface area contributed by atoms with Crippen LogP contribution in [0, 0.1) is 12.8 Å². The van der Waals surface area contributed by atoms with Crippen molar-refractivity contribution < 1.29 is 14.3 Å². The zero-order valence-corrected chi connectivity index (χ0v) is 17.6. The van der Waals surface area contributed by atoms with E-state index in [9.17, 15) is 9.59 Å². The van der Waals surface area contributed by atoms with Crippen LogP contribution >= 0.6 is 0 Å². The van der Waals surface area contributed by atoms with Gasteiger partial charge in [-0.25, -0.2) is 9.97 Å². The highest BCUT2D eigenvalue weighted by Crippen LogP contribution is 2.36. The molecule has 2 aromatic rings. The van der Waals surface area contributed by atoms with Crippen LogP contribution in [0.4, 0.5) is 11.6 Å². The van der Waals surface area contributed by atoms with Crippen molar-refractivity contribution in [3.63, 3.8) is 0 Å². The zero-order valence-electron chi connectivity index (χ0n) is 17.6. The van der Waals surface area contributed by atoms with E-state index in [0.29, 0.717) is 19.0 Å². The predicted molar refractivity (Wildman–Crippen MR) is 111 cm³/mol. The average Bonchev–Trinajstić information content (AvgIpc) is 3.00. The van der Waals surface area contributed by atoms with Crippen LogP contribution in [-0.2, 0) is 14.3 Å². The van der Waals surface area contributed by atoms with Gasteiger partial charge in [-0.15, -0.1) is 0 Å². The number of carbonyl (C=O) groups excluding carboxylic acids is 2. The molecule has 1 N–H and O–H groups in total. The maximum atomic E-state index is 13.0. The third-order valence-electron chi connectivity index (χ3n) is 5.91. The lowest BCUT2D eigenvalue weighted by Crippen LogP contribution is -2.46. The van der Waals surface area contributed by atoms with Crippen molar-refractivity contribution in [1.29, 1.82) is 0 Å². The number of aromatic nitrogens is 3. The average molecular weight is 409 g/mol. The van der Waals surface area contributed by atoms with E-state index >= 15 is 0 Å². The number of esters is 1. The summed E-state index contributed by atoms with van der Waals surface area (Å²) in [6.07, 6.45) is 5.24. The van der Waals surface area contributed by atoms with Crippen molar-refractivity contribution in [1.82, 2.24) is 19.9 Å². The SMILES string of the molecule is Cc1cc(Nc2ncccn2)cc(C2CCN(C(=O)[C@@H]3CC(=O)OC3(C)C)CC2)n1. The number of likely N-dealkylation sites (tertiary alicyclic amines) is 1. The minimum atomic E-state index is -0.733. The number of cyclic esters (lactones) is 1. The normalized spacial score (nSPS) is 21.4. The molecule has 4 heterocycles. The summed E-state index contributed by atoms with van der Waals surface area (Å²) in [5, 5.41) is 3.23. The summed E-state index contributed by atoms with van der Waals surface area (Å²) in [7, 11) is 0. The molecule has 8 heteroatoms. The molecule has 0 saturated carbocycles. The molecule has 1 amide bonds. The number of piperidine rings is 1. The van der Waals surface area contributed by atoms with Gasteiger partial charge in [-0.2, -0.15) is 0 Å². The van der Waals surface area contributed by atoms with Crippen molar-refractivity contribution >= 4 is 23.5 Å². The highest BCUT2D eigenvalue weighted by atomic mass is 16.6. The molecule has 2 aliphatic heterocycles. The number of nitrogens with zero attached hydrogens (tertiary/aromatic N) is 4. The summed E-state index contributed by atoms with van der Waals surface area (Å²) in [5.41, 5.74) is 2.11. The van der Waals surface area contributed by atoms with Gasteiger partial charge in [0.05, 0.1) is 12.3 Å². The largest absolute Gasteiger partial charge is 0.459 e. The minimum Gasteiger partial charge on any atom is -0.459 e. The second-order valence-corrected chi connectivity index (χ2v) is 8.55. The van der Waals surface area contributed by atoms with Crippen LogP contribution in [0.2, 0.25) is 0 Å². The summed E-state index contributed by atoms with van der Waals surface area (Å²) in [6, 6.07) is 5.79. The second-order valence-electron chi connectivity index (χ2n) is 8.55. The smallest absolute Gasteiger partial charge is 0.307 e. The number of nitrogens with one attached hydrogen (secondary N) is 1. The van der Waals surface area contributed by atoms with E-state index < -0.39 is 11.5 Å². The van der Waals surface area contributed by atoms with Crippen LogP contribution in [-0.4, -0.2) is 50.4 Å². The molecule has 0 aliphatic carbocycles. The van der Waals surface area contributed by atoms with Crippen molar-refractivity contribution in [2.24, 2.45) is 5.92 Å². The second kappa shape index (κ2) is 8.01. The highest BCUT2D eigenvalue weighted by molar-refractivity contribution is 5.87. The summed E-state index contributed by atoms with van der Waals surface area (Å²) in [6.45, 7) is 6.91. The van der Waals surface area contributed by atoms with Gasteiger partial charge in [0.25, 0.3) is 0 Å². The van der Waals surface area contributed by atoms with Crippen LogP contribution in [0.25, 0.3) is 0 Å². The Morgan fingerprint density at radius 1 is 1.20 bits per heavy atom. The van der Waals surface area contributed by atoms with E-state index in [-0.39, 0.29) is 24.2 Å². The Labute approximate surface area is 176 Å². The maximum absolute atomic E-state index is 13.0. The molecule has 2 saturated heterocycles. The molecule has 4 rings (SSSR count). The first-order chi connectivity index (χ1) is 14.3. The third kappa shape index (κ3) is 4.27. The van der Waals surface area contributed by atoms with Gasteiger partial charge in [-0.05, 0) is 51.8 Å². The van der Waals surface area contributed by atoms with Gasteiger partial charge in [0, 0.05) is 48.5 Å². The van der Waals surface area contributed by atoms with Crippen LogP contribution in [0.3, 0.4) is 0 Å². The molecule has 0 radical (unpaired) electrons. The monoisotopic (exact) mass is 409 g/mol. The van der Waals surface area contributed by atoms with Crippen molar-refractivity contribution in [2.45, 2.75) is 51.6 Å². The summed E-state index contributed by atoms with van der Waals surface area (Å²) in [5.74, 6) is 0.149. The fraction of sp³-hybridized carbons (Fsp3) is 0.500. The Morgan fingerprint density at radius 3 is 2.53 bits per heavy atom. The molecule has 8 nitrogen and oxygen atoms in total. The molecule has 0 bridgehead atoms. The van der Waals surface area contributed by atoms with Gasteiger partial charge >= 0.3 is 5.97 Å². The molecule has 2 fully saturated rings. The van der Waals surface area contributed by atoms with E-state index in [1.54, 1.807) is 18.5 Å². The number of hydrogen-bond donors (Lipinski definition) is 1. The summed E-state index contributed by atoms with van der Waals surface area (Å²) < 4.78 is 5.33.